The van der Waals surface area contributed by atoms with Crippen LogP contribution in [-0.2, 0) is 4.74 Å². The van der Waals surface area contributed by atoms with E-state index in [-0.39, 0.29) is 18.0 Å². The summed E-state index contributed by atoms with van der Waals surface area (Å²) in [4.78, 5) is 0. The van der Waals surface area contributed by atoms with Crippen molar-refractivity contribution >= 4 is 12.4 Å². The molecule has 1 fully saturated rings. The fraction of sp³-hybridized carbons (Fsp3) is 1.00. The van der Waals surface area contributed by atoms with Gasteiger partial charge >= 0.3 is 0 Å². The molecule has 9 heavy (non-hydrogen) atoms. The van der Waals surface area contributed by atoms with Gasteiger partial charge in [-0.05, 0) is 19.3 Å². The molecule has 0 atom stereocenters. The van der Waals surface area contributed by atoms with Crippen molar-refractivity contribution in [2.75, 3.05) is 13.7 Å². The van der Waals surface area contributed by atoms with Crippen LogP contribution in [0, 0.1) is 0 Å². The zero-order valence-corrected chi connectivity index (χ0v) is 6.54. The lowest BCUT2D eigenvalue weighted by Crippen LogP contribution is -2.45. The molecule has 56 valence electrons. The lowest BCUT2D eigenvalue weighted by molar-refractivity contribution is -0.0633. The number of nitrogens with two attached hydrogens (primary N) is 1. The Morgan fingerprint density at radius 1 is 1.56 bits per heavy atom. The number of halogens is 1. The zero-order chi connectivity index (χ0) is 6.04. The minimum Gasteiger partial charge on any atom is -0.377 e. The Kier molecular flexibility index (Phi) is 3.48. The van der Waals surface area contributed by atoms with E-state index in [1.54, 1.807) is 7.11 Å². The molecule has 1 saturated carbocycles. The summed E-state index contributed by atoms with van der Waals surface area (Å²) in [7, 11) is 1.74. The third-order valence-corrected chi connectivity index (χ3v) is 2.07. The van der Waals surface area contributed by atoms with Crippen LogP contribution >= 0.6 is 12.4 Å². The van der Waals surface area contributed by atoms with Gasteiger partial charge in [-0.1, -0.05) is 0 Å². The van der Waals surface area contributed by atoms with Gasteiger partial charge in [0.15, 0.2) is 0 Å². The molecule has 2 nitrogen and oxygen atoms in total. The molecular weight excluding hydrogens is 138 g/mol. The van der Waals surface area contributed by atoms with Gasteiger partial charge in [0.2, 0.25) is 0 Å². The van der Waals surface area contributed by atoms with Gasteiger partial charge < -0.3 is 10.5 Å². The predicted molar refractivity (Wildman–Crippen MR) is 39.9 cm³/mol. The minimum absolute atomic E-state index is 0. The summed E-state index contributed by atoms with van der Waals surface area (Å²) in [5, 5.41) is 0. The Balaban J connectivity index is 0.000000640. The van der Waals surface area contributed by atoms with Crippen LogP contribution in [0.1, 0.15) is 19.3 Å². The van der Waals surface area contributed by atoms with Crippen molar-refractivity contribution < 1.29 is 4.74 Å². The molecule has 0 saturated heterocycles. The minimum atomic E-state index is 0. The van der Waals surface area contributed by atoms with Gasteiger partial charge in [-0.3, -0.25) is 0 Å². The summed E-state index contributed by atoms with van der Waals surface area (Å²) in [5.41, 5.74) is 5.54. The number of rotatable bonds is 2. The molecule has 1 rings (SSSR count). The standard InChI is InChI=1S/C6H13NO.ClH/c1-8-6(5-7)3-2-4-6;/h2-5,7H2,1H3;1H. The van der Waals surface area contributed by atoms with Crippen molar-refractivity contribution in [3.63, 3.8) is 0 Å². The van der Waals surface area contributed by atoms with Crippen molar-refractivity contribution in [1.29, 1.82) is 0 Å². The first-order valence-electron chi connectivity index (χ1n) is 3.08. The maximum atomic E-state index is 5.45. The number of hydrogen-bond acceptors (Lipinski definition) is 2. The van der Waals surface area contributed by atoms with Gasteiger partial charge in [0.25, 0.3) is 0 Å². The SMILES string of the molecule is COC1(CN)CCC1.Cl. The average molecular weight is 152 g/mol. The van der Waals surface area contributed by atoms with Crippen molar-refractivity contribution in [2.24, 2.45) is 5.73 Å². The topological polar surface area (TPSA) is 35.2 Å². The molecule has 0 heterocycles. The summed E-state index contributed by atoms with van der Waals surface area (Å²) in [6.07, 6.45) is 3.59. The maximum absolute atomic E-state index is 5.45. The van der Waals surface area contributed by atoms with Gasteiger partial charge in [0, 0.05) is 13.7 Å². The Hall–Kier alpha value is 0.210. The predicted octanol–water partition coefficient (Wildman–Crippen LogP) is 0.936. The summed E-state index contributed by atoms with van der Waals surface area (Å²) in [6, 6.07) is 0. The summed E-state index contributed by atoms with van der Waals surface area (Å²) >= 11 is 0. The van der Waals surface area contributed by atoms with Gasteiger partial charge in [-0.25, -0.2) is 0 Å². The first-order valence-corrected chi connectivity index (χ1v) is 3.08. The lowest BCUT2D eigenvalue weighted by atomic mass is 9.80. The highest BCUT2D eigenvalue weighted by atomic mass is 35.5. The molecule has 0 bridgehead atoms. The van der Waals surface area contributed by atoms with Crippen LogP contribution < -0.4 is 5.73 Å². The van der Waals surface area contributed by atoms with E-state index in [1.807, 2.05) is 0 Å². The highest BCUT2D eigenvalue weighted by Crippen LogP contribution is 2.33. The molecular formula is C6H14ClNO. The van der Waals surface area contributed by atoms with E-state index in [0.717, 1.165) is 12.8 Å². The van der Waals surface area contributed by atoms with E-state index < -0.39 is 0 Å². The molecule has 0 amide bonds. The van der Waals surface area contributed by atoms with E-state index in [9.17, 15) is 0 Å². The maximum Gasteiger partial charge on any atom is 0.0800 e. The Bertz CT molecular complexity index is 69.6. The van der Waals surface area contributed by atoms with Crippen molar-refractivity contribution in [2.45, 2.75) is 24.9 Å². The average Bonchev–Trinajstić information content (AvgIpc) is 1.67. The first kappa shape index (κ1) is 9.21. The molecule has 0 unspecified atom stereocenters. The molecule has 2 N–H and O–H groups in total. The van der Waals surface area contributed by atoms with Crippen LogP contribution in [0.25, 0.3) is 0 Å². The van der Waals surface area contributed by atoms with Crippen molar-refractivity contribution in [3.05, 3.63) is 0 Å². The first-order chi connectivity index (χ1) is 3.83. The molecule has 0 spiro atoms. The number of hydrogen-bond donors (Lipinski definition) is 1. The van der Waals surface area contributed by atoms with E-state index in [2.05, 4.69) is 0 Å². The summed E-state index contributed by atoms with van der Waals surface area (Å²) < 4.78 is 5.20. The van der Waals surface area contributed by atoms with Crippen LogP contribution in [0.3, 0.4) is 0 Å². The largest absolute Gasteiger partial charge is 0.377 e. The Labute approximate surface area is 62.2 Å². The second-order valence-electron chi connectivity index (χ2n) is 2.44. The third-order valence-electron chi connectivity index (χ3n) is 2.07. The van der Waals surface area contributed by atoms with Crippen LogP contribution in [0.2, 0.25) is 0 Å². The van der Waals surface area contributed by atoms with Crippen LogP contribution in [-0.4, -0.2) is 19.3 Å². The Morgan fingerprint density at radius 2 is 2.11 bits per heavy atom. The van der Waals surface area contributed by atoms with Crippen molar-refractivity contribution in [3.8, 4) is 0 Å². The Morgan fingerprint density at radius 3 is 2.11 bits per heavy atom. The molecule has 0 aliphatic heterocycles. The fourth-order valence-electron chi connectivity index (χ4n) is 1.06. The number of methoxy groups -OCH3 is 1. The van der Waals surface area contributed by atoms with Crippen LogP contribution in [0.15, 0.2) is 0 Å². The molecule has 0 aromatic heterocycles. The second kappa shape index (κ2) is 3.40. The molecule has 3 heteroatoms. The second-order valence-corrected chi connectivity index (χ2v) is 2.44. The quantitative estimate of drug-likeness (QED) is 0.638. The van der Waals surface area contributed by atoms with Gasteiger partial charge in [-0.15, -0.1) is 12.4 Å². The van der Waals surface area contributed by atoms with Gasteiger partial charge in [-0.2, -0.15) is 0 Å². The fourth-order valence-corrected chi connectivity index (χ4v) is 1.06. The lowest BCUT2D eigenvalue weighted by Gasteiger charge is -2.39. The molecule has 0 radical (unpaired) electrons. The summed E-state index contributed by atoms with van der Waals surface area (Å²) in [6.45, 7) is 0.684. The number of ether oxygens (including phenoxy) is 1. The smallest absolute Gasteiger partial charge is 0.0800 e. The highest BCUT2D eigenvalue weighted by Gasteiger charge is 2.34. The molecule has 0 aromatic rings. The van der Waals surface area contributed by atoms with Crippen molar-refractivity contribution in [1.82, 2.24) is 0 Å². The zero-order valence-electron chi connectivity index (χ0n) is 5.72. The monoisotopic (exact) mass is 151 g/mol. The molecule has 1 aliphatic carbocycles. The van der Waals surface area contributed by atoms with E-state index in [4.69, 9.17) is 10.5 Å². The third kappa shape index (κ3) is 1.57. The summed E-state index contributed by atoms with van der Waals surface area (Å²) in [5.74, 6) is 0. The molecule has 1 aliphatic rings. The van der Waals surface area contributed by atoms with Gasteiger partial charge in [0.05, 0.1) is 5.60 Å². The van der Waals surface area contributed by atoms with Crippen LogP contribution in [0.5, 0.6) is 0 Å². The van der Waals surface area contributed by atoms with E-state index in [0.29, 0.717) is 6.54 Å². The van der Waals surface area contributed by atoms with E-state index >= 15 is 0 Å². The normalized spacial score (nSPS) is 22.0. The van der Waals surface area contributed by atoms with Gasteiger partial charge in [0.1, 0.15) is 0 Å². The van der Waals surface area contributed by atoms with E-state index in [1.165, 1.54) is 6.42 Å². The highest BCUT2D eigenvalue weighted by molar-refractivity contribution is 5.85. The van der Waals surface area contributed by atoms with Crippen LogP contribution in [0.4, 0.5) is 0 Å². The molecule has 0 aromatic carbocycles.